The Hall–Kier alpha value is -3.51. The van der Waals surface area contributed by atoms with Crippen LogP contribution in [0.15, 0.2) is 29.5 Å². The van der Waals surface area contributed by atoms with Crippen LogP contribution in [0.4, 0.5) is 24.5 Å². The first-order chi connectivity index (χ1) is 10.7. The molecule has 6 nitrogen and oxygen atoms in total. The molecule has 0 fully saturated rings. The van der Waals surface area contributed by atoms with Crippen LogP contribution in [0.1, 0.15) is 12.5 Å². The molecule has 9 heteroatoms. The maximum Gasteiger partial charge on any atom is 0.418 e. The summed E-state index contributed by atoms with van der Waals surface area (Å²) in [5, 5.41) is 30.6. The van der Waals surface area contributed by atoms with Gasteiger partial charge in [0.2, 0.25) is 5.91 Å². The summed E-state index contributed by atoms with van der Waals surface area (Å²) in [5.74, 6) is -0.548. The monoisotopic (exact) mass is 319 g/mol. The molecule has 0 spiro atoms. The van der Waals surface area contributed by atoms with Crippen LogP contribution in [0, 0.1) is 34.0 Å². The molecule has 0 bridgehead atoms. The van der Waals surface area contributed by atoms with Crippen molar-refractivity contribution in [3.05, 3.63) is 35.0 Å². The number of allylic oxidation sites excluding steroid dienone is 2. The van der Waals surface area contributed by atoms with Crippen LogP contribution in [0.2, 0.25) is 0 Å². The number of hydrogen-bond donors (Lipinski definition) is 2. The SMILES string of the molecule is CC(=O)Nc1ccc(NC(C#N)=C(C#N)C#N)c(C(F)(F)F)c1. The molecule has 0 saturated carbocycles. The molecule has 2 N–H and O–H groups in total. The zero-order valence-corrected chi connectivity index (χ0v) is 11.6. The highest BCUT2D eigenvalue weighted by Gasteiger charge is 2.34. The number of carbonyl (C=O) groups is 1. The maximum absolute atomic E-state index is 13.1. The first-order valence-corrected chi connectivity index (χ1v) is 5.93. The normalized spacial score (nSPS) is 9.78. The summed E-state index contributed by atoms with van der Waals surface area (Å²) in [5.41, 5.74) is -3.02. The van der Waals surface area contributed by atoms with Gasteiger partial charge in [0.05, 0.1) is 11.3 Å². The molecule has 0 aromatic heterocycles. The van der Waals surface area contributed by atoms with Crippen molar-refractivity contribution in [2.75, 3.05) is 10.6 Å². The number of rotatable bonds is 3. The lowest BCUT2D eigenvalue weighted by molar-refractivity contribution is -0.137. The van der Waals surface area contributed by atoms with Crippen molar-refractivity contribution in [2.45, 2.75) is 13.1 Å². The smallest absolute Gasteiger partial charge is 0.345 e. The highest BCUT2D eigenvalue weighted by molar-refractivity contribution is 5.89. The van der Waals surface area contributed by atoms with Crippen LogP contribution in [0.25, 0.3) is 0 Å². The predicted octanol–water partition coefficient (Wildman–Crippen LogP) is 2.90. The minimum absolute atomic E-state index is 0.0846. The van der Waals surface area contributed by atoms with Gasteiger partial charge in [-0.2, -0.15) is 29.0 Å². The highest BCUT2D eigenvalue weighted by atomic mass is 19.4. The number of carbonyl (C=O) groups excluding carboxylic acids is 1. The third-order valence-electron chi connectivity index (χ3n) is 2.49. The van der Waals surface area contributed by atoms with E-state index in [1.54, 1.807) is 0 Å². The molecule has 1 rings (SSSR count). The molecule has 1 aromatic carbocycles. The predicted molar refractivity (Wildman–Crippen MR) is 73.2 cm³/mol. The van der Waals surface area contributed by atoms with E-state index in [2.05, 4.69) is 10.6 Å². The van der Waals surface area contributed by atoms with E-state index in [4.69, 9.17) is 15.8 Å². The van der Waals surface area contributed by atoms with Crippen LogP contribution < -0.4 is 10.6 Å². The molecule has 116 valence electrons. The van der Waals surface area contributed by atoms with E-state index in [0.29, 0.717) is 6.07 Å². The van der Waals surface area contributed by atoms with Gasteiger partial charge in [-0.05, 0) is 18.2 Å². The number of amides is 1. The third kappa shape index (κ3) is 4.48. The van der Waals surface area contributed by atoms with E-state index in [9.17, 15) is 18.0 Å². The molecular weight excluding hydrogens is 311 g/mol. The highest BCUT2D eigenvalue weighted by Crippen LogP contribution is 2.37. The van der Waals surface area contributed by atoms with Crippen LogP contribution in [-0.4, -0.2) is 5.91 Å². The lowest BCUT2D eigenvalue weighted by atomic mass is 10.1. The van der Waals surface area contributed by atoms with E-state index in [-0.39, 0.29) is 5.69 Å². The number of hydrogen-bond acceptors (Lipinski definition) is 5. The number of nitrogens with zero attached hydrogens (tertiary/aromatic N) is 3. The van der Waals surface area contributed by atoms with Crippen molar-refractivity contribution in [1.29, 1.82) is 15.8 Å². The molecule has 0 heterocycles. The van der Waals surface area contributed by atoms with Gasteiger partial charge in [0.1, 0.15) is 23.9 Å². The molecule has 0 unspecified atom stereocenters. The number of nitriles is 3. The second-order valence-electron chi connectivity index (χ2n) is 4.15. The van der Waals surface area contributed by atoms with Gasteiger partial charge >= 0.3 is 6.18 Å². The average molecular weight is 319 g/mol. The first-order valence-electron chi connectivity index (χ1n) is 5.93. The van der Waals surface area contributed by atoms with E-state index < -0.39 is 34.6 Å². The van der Waals surface area contributed by atoms with Gasteiger partial charge in [-0.25, -0.2) is 0 Å². The van der Waals surface area contributed by atoms with Crippen molar-refractivity contribution in [3.63, 3.8) is 0 Å². The summed E-state index contributed by atoms with van der Waals surface area (Å²) in [7, 11) is 0. The van der Waals surface area contributed by atoms with Gasteiger partial charge in [0.15, 0.2) is 5.57 Å². The van der Waals surface area contributed by atoms with Crippen molar-refractivity contribution in [2.24, 2.45) is 0 Å². The Morgan fingerprint density at radius 2 is 1.70 bits per heavy atom. The van der Waals surface area contributed by atoms with Crippen molar-refractivity contribution in [1.82, 2.24) is 0 Å². The van der Waals surface area contributed by atoms with Gasteiger partial charge in [-0.15, -0.1) is 0 Å². The van der Waals surface area contributed by atoms with Gasteiger partial charge in [-0.1, -0.05) is 0 Å². The number of anilines is 2. The van der Waals surface area contributed by atoms with Gasteiger partial charge in [0.25, 0.3) is 0 Å². The molecule has 0 saturated heterocycles. The second kappa shape index (κ2) is 6.97. The molecule has 0 atom stereocenters. The Labute approximate surface area is 129 Å². The Balaban J connectivity index is 3.41. The molecule has 23 heavy (non-hydrogen) atoms. The Bertz CT molecular complexity index is 775. The molecule has 0 aliphatic heterocycles. The molecule has 1 aromatic rings. The van der Waals surface area contributed by atoms with Gasteiger partial charge in [0, 0.05) is 12.6 Å². The van der Waals surface area contributed by atoms with E-state index in [0.717, 1.165) is 13.0 Å². The van der Waals surface area contributed by atoms with Crippen LogP contribution >= 0.6 is 0 Å². The summed E-state index contributed by atoms with van der Waals surface area (Å²) < 4.78 is 39.3. The Morgan fingerprint density at radius 3 is 2.13 bits per heavy atom. The summed E-state index contributed by atoms with van der Waals surface area (Å²) in [6.45, 7) is 1.14. The van der Waals surface area contributed by atoms with Crippen molar-refractivity contribution in [3.8, 4) is 18.2 Å². The largest absolute Gasteiger partial charge is 0.418 e. The molecule has 0 aliphatic carbocycles. The fourth-order valence-corrected chi connectivity index (χ4v) is 1.59. The van der Waals surface area contributed by atoms with Crippen LogP contribution in [0.5, 0.6) is 0 Å². The minimum atomic E-state index is -4.78. The fourth-order valence-electron chi connectivity index (χ4n) is 1.59. The average Bonchev–Trinajstić information content (AvgIpc) is 2.47. The summed E-state index contributed by atoms with van der Waals surface area (Å²) >= 11 is 0. The summed E-state index contributed by atoms with van der Waals surface area (Å²) in [6, 6.07) is 7.14. The molecular formula is C14H8F3N5O. The number of alkyl halides is 3. The molecule has 1 amide bonds. The fraction of sp³-hybridized carbons (Fsp3) is 0.143. The quantitative estimate of drug-likeness (QED) is 0.832. The van der Waals surface area contributed by atoms with Gasteiger partial charge < -0.3 is 10.6 Å². The lowest BCUT2D eigenvalue weighted by Gasteiger charge is -2.15. The molecule has 0 radical (unpaired) electrons. The third-order valence-corrected chi connectivity index (χ3v) is 2.49. The maximum atomic E-state index is 13.1. The van der Waals surface area contributed by atoms with E-state index in [1.807, 2.05) is 0 Å². The van der Waals surface area contributed by atoms with Crippen LogP contribution in [-0.2, 0) is 11.0 Å². The Morgan fingerprint density at radius 1 is 1.09 bits per heavy atom. The van der Waals surface area contributed by atoms with Gasteiger partial charge in [-0.3, -0.25) is 4.79 Å². The Kier molecular flexibility index (Phi) is 5.31. The zero-order valence-electron chi connectivity index (χ0n) is 11.6. The van der Waals surface area contributed by atoms with E-state index >= 15 is 0 Å². The van der Waals surface area contributed by atoms with Crippen molar-refractivity contribution < 1.29 is 18.0 Å². The zero-order chi connectivity index (χ0) is 17.6. The number of halogens is 3. The molecule has 0 aliphatic rings. The summed E-state index contributed by atoms with van der Waals surface area (Å²) in [6.07, 6.45) is -4.78. The van der Waals surface area contributed by atoms with E-state index in [1.165, 1.54) is 24.3 Å². The second-order valence-corrected chi connectivity index (χ2v) is 4.15. The first kappa shape index (κ1) is 17.5. The summed E-state index contributed by atoms with van der Waals surface area (Å²) in [4.78, 5) is 10.9. The number of nitrogens with one attached hydrogen (secondary N) is 2. The van der Waals surface area contributed by atoms with Crippen molar-refractivity contribution >= 4 is 17.3 Å². The minimum Gasteiger partial charge on any atom is -0.345 e. The van der Waals surface area contributed by atoms with Crippen LogP contribution in [0.3, 0.4) is 0 Å². The standard InChI is InChI=1S/C14H8F3N5O/c1-8(23)21-10-2-3-12(11(4-10)14(15,16)17)22-13(7-20)9(5-18)6-19/h2-4,22H,1H3,(H,21,23). The lowest BCUT2D eigenvalue weighted by Crippen LogP contribution is -2.13. The number of benzene rings is 1. The topological polar surface area (TPSA) is 112 Å².